The molecular formula is C19H20N2O2S. The van der Waals surface area contributed by atoms with Crippen molar-refractivity contribution in [2.45, 2.75) is 42.9 Å². The Hall–Kier alpha value is -2.14. The number of nitrogens with one attached hydrogen (secondary N) is 1. The molecule has 3 aliphatic rings. The van der Waals surface area contributed by atoms with Crippen LogP contribution in [0.1, 0.15) is 47.8 Å². The zero-order valence-electron chi connectivity index (χ0n) is 13.6. The van der Waals surface area contributed by atoms with Gasteiger partial charge in [-0.15, -0.1) is 0 Å². The standard InChI is InChI=1S/C19H20N2O2S/c1-13-6-9-15(10-7-13)24(22,23)21-20-19-12-14-8-11-18(19)17-5-3-2-4-16(14)17/h2-7,9-10,14,18,21H,8,11-12H2,1H3/b20-19+. The van der Waals surface area contributed by atoms with E-state index in [0.717, 1.165) is 30.5 Å². The van der Waals surface area contributed by atoms with E-state index in [2.05, 4.69) is 28.1 Å². The van der Waals surface area contributed by atoms with E-state index in [1.54, 1.807) is 24.3 Å². The summed E-state index contributed by atoms with van der Waals surface area (Å²) in [6.07, 6.45) is 3.05. The van der Waals surface area contributed by atoms with Gasteiger partial charge in [-0.2, -0.15) is 13.5 Å². The third-order valence-corrected chi connectivity index (χ3v) is 6.34. The summed E-state index contributed by atoms with van der Waals surface area (Å²) < 4.78 is 24.8. The molecule has 2 unspecified atom stereocenters. The molecule has 1 N–H and O–H groups in total. The second-order valence-electron chi connectivity index (χ2n) is 6.67. The van der Waals surface area contributed by atoms with E-state index < -0.39 is 10.0 Å². The molecule has 0 saturated heterocycles. The molecule has 2 aromatic carbocycles. The Labute approximate surface area is 142 Å². The highest BCUT2D eigenvalue weighted by molar-refractivity contribution is 7.89. The van der Waals surface area contributed by atoms with Crippen LogP contribution < -0.4 is 4.83 Å². The first-order valence-electron chi connectivity index (χ1n) is 8.28. The number of fused-ring (bicyclic) bond motifs is 2. The van der Waals surface area contributed by atoms with Crippen LogP contribution in [0.15, 0.2) is 58.5 Å². The van der Waals surface area contributed by atoms with Crippen LogP contribution >= 0.6 is 0 Å². The van der Waals surface area contributed by atoms with Crippen LogP contribution in [0, 0.1) is 6.92 Å². The first-order chi connectivity index (χ1) is 11.5. The molecule has 5 heteroatoms. The van der Waals surface area contributed by atoms with Gasteiger partial charge in [-0.1, -0.05) is 42.0 Å². The van der Waals surface area contributed by atoms with Gasteiger partial charge in [-0.3, -0.25) is 0 Å². The molecule has 1 saturated carbocycles. The maximum Gasteiger partial charge on any atom is 0.276 e. The zero-order chi connectivity index (χ0) is 16.7. The van der Waals surface area contributed by atoms with Gasteiger partial charge in [-0.25, -0.2) is 4.83 Å². The minimum absolute atomic E-state index is 0.243. The van der Waals surface area contributed by atoms with Crippen molar-refractivity contribution in [2.24, 2.45) is 5.10 Å². The first-order valence-corrected chi connectivity index (χ1v) is 9.76. The van der Waals surface area contributed by atoms with E-state index >= 15 is 0 Å². The number of aryl methyl sites for hydroxylation is 1. The summed E-state index contributed by atoms with van der Waals surface area (Å²) in [5.41, 5.74) is 4.71. The summed E-state index contributed by atoms with van der Waals surface area (Å²) in [5, 5.41) is 4.31. The smallest absolute Gasteiger partial charge is 0.200 e. The fourth-order valence-corrected chi connectivity index (χ4v) is 4.68. The van der Waals surface area contributed by atoms with Crippen molar-refractivity contribution < 1.29 is 8.42 Å². The van der Waals surface area contributed by atoms with E-state index in [9.17, 15) is 8.42 Å². The Bertz CT molecular complexity index is 901. The van der Waals surface area contributed by atoms with Gasteiger partial charge in [0.15, 0.2) is 0 Å². The van der Waals surface area contributed by atoms with Crippen LogP contribution in [0.4, 0.5) is 0 Å². The monoisotopic (exact) mass is 340 g/mol. The lowest BCUT2D eigenvalue weighted by atomic mass is 9.66. The quantitative estimate of drug-likeness (QED) is 0.866. The van der Waals surface area contributed by atoms with E-state index in [1.165, 1.54) is 11.1 Å². The lowest BCUT2D eigenvalue weighted by molar-refractivity contribution is 0.496. The van der Waals surface area contributed by atoms with Crippen LogP contribution in [0.5, 0.6) is 0 Å². The van der Waals surface area contributed by atoms with Crippen molar-refractivity contribution in [3.05, 3.63) is 65.2 Å². The zero-order valence-corrected chi connectivity index (χ0v) is 14.4. The van der Waals surface area contributed by atoms with E-state index in [-0.39, 0.29) is 10.8 Å². The molecule has 4 nitrogen and oxygen atoms in total. The second-order valence-corrected chi connectivity index (χ2v) is 8.33. The molecule has 5 rings (SSSR count). The normalized spacial score (nSPS) is 24.0. The SMILES string of the molecule is Cc1ccc(S(=O)(=O)N/N=C2\CC3CCC2c2ccccc23)cc1. The molecule has 1 fully saturated rings. The highest BCUT2D eigenvalue weighted by Gasteiger charge is 2.37. The number of hydrazone groups is 1. The largest absolute Gasteiger partial charge is 0.276 e. The van der Waals surface area contributed by atoms with E-state index in [1.807, 2.05) is 13.0 Å². The maximum atomic E-state index is 12.4. The molecule has 3 aliphatic carbocycles. The predicted molar refractivity (Wildman–Crippen MR) is 94.7 cm³/mol. The van der Waals surface area contributed by atoms with Crippen molar-refractivity contribution in [2.75, 3.05) is 0 Å². The van der Waals surface area contributed by atoms with E-state index in [4.69, 9.17) is 0 Å². The summed E-state index contributed by atoms with van der Waals surface area (Å²) >= 11 is 0. The molecule has 2 bridgehead atoms. The molecule has 0 radical (unpaired) electrons. The fraction of sp³-hybridized carbons (Fsp3) is 0.316. The predicted octanol–water partition coefficient (Wildman–Crippen LogP) is 3.69. The maximum absolute atomic E-state index is 12.4. The van der Waals surface area contributed by atoms with Gasteiger partial charge < -0.3 is 0 Å². The lowest BCUT2D eigenvalue weighted by Gasteiger charge is -2.39. The van der Waals surface area contributed by atoms with Gasteiger partial charge in [0, 0.05) is 11.6 Å². The van der Waals surface area contributed by atoms with Gasteiger partial charge in [0.2, 0.25) is 0 Å². The summed E-state index contributed by atoms with van der Waals surface area (Å²) in [5.74, 6) is 0.709. The third kappa shape index (κ3) is 2.63. The Morgan fingerprint density at radius 2 is 1.71 bits per heavy atom. The minimum atomic E-state index is -3.61. The average Bonchev–Trinajstić information content (AvgIpc) is 2.61. The Morgan fingerprint density at radius 1 is 1.00 bits per heavy atom. The average molecular weight is 340 g/mol. The Balaban J connectivity index is 1.60. The van der Waals surface area contributed by atoms with Crippen LogP contribution in [-0.4, -0.2) is 14.1 Å². The number of rotatable bonds is 3. The lowest BCUT2D eigenvalue weighted by Crippen LogP contribution is -2.32. The number of sulfonamides is 1. The van der Waals surface area contributed by atoms with Crippen LogP contribution in [-0.2, 0) is 10.0 Å². The van der Waals surface area contributed by atoms with Gasteiger partial charge >= 0.3 is 0 Å². The summed E-state index contributed by atoms with van der Waals surface area (Å²) in [4.78, 5) is 2.69. The summed E-state index contributed by atoms with van der Waals surface area (Å²) in [7, 11) is -3.61. The molecule has 0 spiro atoms. The molecular weight excluding hydrogens is 320 g/mol. The molecule has 0 amide bonds. The second kappa shape index (κ2) is 5.74. The first kappa shape index (κ1) is 15.4. The van der Waals surface area contributed by atoms with Gasteiger partial charge in [-0.05, 0) is 55.4 Å². The summed E-state index contributed by atoms with van der Waals surface area (Å²) in [6.45, 7) is 1.93. The van der Waals surface area contributed by atoms with Gasteiger partial charge in [0.25, 0.3) is 10.0 Å². The Kier molecular flexibility index (Phi) is 3.68. The van der Waals surface area contributed by atoms with E-state index in [0.29, 0.717) is 5.92 Å². The number of hydrogen-bond acceptors (Lipinski definition) is 3. The molecule has 0 aliphatic heterocycles. The molecule has 24 heavy (non-hydrogen) atoms. The Morgan fingerprint density at radius 3 is 2.46 bits per heavy atom. The van der Waals surface area contributed by atoms with Crippen molar-refractivity contribution >= 4 is 15.7 Å². The highest BCUT2D eigenvalue weighted by atomic mass is 32.2. The molecule has 124 valence electrons. The molecule has 2 atom stereocenters. The fourth-order valence-electron chi connectivity index (χ4n) is 3.84. The minimum Gasteiger partial charge on any atom is -0.200 e. The number of hydrogen-bond donors (Lipinski definition) is 1. The topological polar surface area (TPSA) is 58.5 Å². The summed E-state index contributed by atoms with van der Waals surface area (Å²) in [6, 6.07) is 15.3. The molecule has 0 heterocycles. The number of benzene rings is 2. The molecule has 2 aromatic rings. The van der Waals surface area contributed by atoms with Crippen LogP contribution in [0.25, 0.3) is 0 Å². The van der Waals surface area contributed by atoms with Crippen molar-refractivity contribution in [1.29, 1.82) is 0 Å². The van der Waals surface area contributed by atoms with Gasteiger partial charge in [0.05, 0.1) is 4.90 Å². The van der Waals surface area contributed by atoms with Crippen molar-refractivity contribution in [3.8, 4) is 0 Å². The van der Waals surface area contributed by atoms with Crippen molar-refractivity contribution in [1.82, 2.24) is 4.83 Å². The third-order valence-electron chi connectivity index (χ3n) is 5.11. The van der Waals surface area contributed by atoms with Crippen LogP contribution in [0.2, 0.25) is 0 Å². The molecule has 0 aromatic heterocycles. The van der Waals surface area contributed by atoms with Crippen LogP contribution in [0.3, 0.4) is 0 Å². The number of nitrogens with zero attached hydrogens (tertiary/aromatic N) is 1. The van der Waals surface area contributed by atoms with Crippen molar-refractivity contribution in [3.63, 3.8) is 0 Å². The highest BCUT2D eigenvalue weighted by Crippen LogP contribution is 2.47. The van der Waals surface area contributed by atoms with Gasteiger partial charge in [0.1, 0.15) is 0 Å².